The first-order chi connectivity index (χ1) is 12.1. The van der Waals surface area contributed by atoms with Gasteiger partial charge in [-0.05, 0) is 42.8 Å². The smallest absolute Gasteiger partial charge is 0.163 e. The van der Waals surface area contributed by atoms with Crippen LogP contribution in [0.1, 0.15) is 36.0 Å². The van der Waals surface area contributed by atoms with Gasteiger partial charge in [0.15, 0.2) is 5.78 Å². The van der Waals surface area contributed by atoms with E-state index in [0.29, 0.717) is 6.42 Å². The number of allylic oxidation sites excluding steroid dienone is 2. The van der Waals surface area contributed by atoms with Crippen molar-refractivity contribution >= 4 is 5.78 Å². The molecule has 0 saturated carbocycles. The molecule has 0 aromatic heterocycles. The molecule has 1 unspecified atom stereocenters. The predicted octanol–water partition coefficient (Wildman–Crippen LogP) is 4.86. The van der Waals surface area contributed by atoms with E-state index >= 15 is 0 Å². The van der Waals surface area contributed by atoms with Crippen molar-refractivity contribution in [1.29, 1.82) is 0 Å². The van der Waals surface area contributed by atoms with E-state index in [4.69, 9.17) is 0 Å². The Labute approximate surface area is 150 Å². The van der Waals surface area contributed by atoms with E-state index in [2.05, 4.69) is 55.2 Å². The number of likely N-dealkylation sites (N-methyl/N-ethyl adjacent to an activating group) is 1. The molecule has 2 nitrogen and oxygen atoms in total. The molecule has 1 heterocycles. The van der Waals surface area contributed by atoms with Gasteiger partial charge in [-0.15, -0.1) is 0 Å². The van der Waals surface area contributed by atoms with Crippen molar-refractivity contribution in [2.45, 2.75) is 32.2 Å². The molecule has 3 rings (SSSR count). The Bertz CT molecular complexity index is 804. The second kappa shape index (κ2) is 7.52. The van der Waals surface area contributed by atoms with Crippen molar-refractivity contribution in [1.82, 2.24) is 4.90 Å². The molecule has 0 aliphatic carbocycles. The summed E-state index contributed by atoms with van der Waals surface area (Å²) in [7, 11) is 2.03. The third-order valence-electron chi connectivity index (χ3n) is 5.03. The van der Waals surface area contributed by atoms with Gasteiger partial charge in [0.1, 0.15) is 0 Å². The zero-order valence-electron chi connectivity index (χ0n) is 15.1. The van der Waals surface area contributed by atoms with Crippen LogP contribution < -0.4 is 0 Å². The van der Waals surface area contributed by atoms with Gasteiger partial charge in [0.2, 0.25) is 0 Å². The van der Waals surface area contributed by atoms with Crippen LogP contribution in [-0.4, -0.2) is 23.8 Å². The standard InChI is InChI=1S/C23H25NO/c1-17-9-7-8-12-21(17)22(19-10-5-4-6-11-19)16-23(25)20-13-14-24(3)18(2)15-20/h4-15,18,22H,16H2,1-3H3/t18?,22-/m1/s1. The number of carbonyl (C=O) groups excluding carboxylic acids is 1. The molecule has 0 amide bonds. The van der Waals surface area contributed by atoms with E-state index < -0.39 is 0 Å². The van der Waals surface area contributed by atoms with Crippen LogP contribution in [0.2, 0.25) is 0 Å². The van der Waals surface area contributed by atoms with Gasteiger partial charge in [-0.2, -0.15) is 0 Å². The van der Waals surface area contributed by atoms with Crippen molar-refractivity contribution < 1.29 is 4.79 Å². The molecule has 0 bridgehead atoms. The topological polar surface area (TPSA) is 20.3 Å². The Kier molecular flexibility index (Phi) is 5.18. The van der Waals surface area contributed by atoms with Crippen LogP contribution in [0, 0.1) is 6.92 Å². The minimum atomic E-state index is 0.0826. The highest BCUT2D eigenvalue weighted by molar-refractivity contribution is 5.99. The molecule has 2 atom stereocenters. The van der Waals surface area contributed by atoms with E-state index in [1.54, 1.807) is 0 Å². The first-order valence-corrected chi connectivity index (χ1v) is 8.82. The maximum atomic E-state index is 13.0. The van der Waals surface area contributed by atoms with Crippen molar-refractivity contribution in [3.8, 4) is 0 Å². The summed E-state index contributed by atoms with van der Waals surface area (Å²) in [6, 6.07) is 18.9. The summed E-state index contributed by atoms with van der Waals surface area (Å²) >= 11 is 0. The molecule has 2 heteroatoms. The minimum Gasteiger partial charge on any atom is -0.374 e. The highest BCUT2D eigenvalue weighted by Gasteiger charge is 2.22. The van der Waals surface area contributed by atoms with Crippen molar-refractivity contribution in [3.05, 3.63) is 95.2 Å². The van der Waals surface area contributed by atoms with Crippen LogP contribution in [-0.2, 0) is 4.79 Å². The van der Waals surface area contributed by atoms with Crippen LogP contribution in [0.15, 0.2) is 78.5 Å². The summed E-state index contributed by atoms with van der Waals surface area (Å²) in [5.74, 6) is 0.285. The van der Waals surface area contributed by atoms with Gasteiger partial charge in [0, 0.05) is 31.0 Å². The van der Waals surface area contributed by atoms with Crippen LogP contribution in [0.25, 0.3) is 0 Å². The fraction of sp³-hybridized carbons (Fsp3) is 0.261. The molecule has 0 spiro atoms. The summed E-state index contributed by atoms with van der Waals surface area (Å²) < 4.78 is 0. The van der Waals surface area contributed by atoms with Crippen molar-refractivity contribution in [2.75, 3.05) is 7.05 Å². The largest absolute Gasteiger partial charge is 0.374 e. The van der Waals surface area contributed by atoms with Crippen LogP contribution in [0.3, 0.4) is 0 Å². The molecule has 0 saturated heterocycles. The fourth-order valence-corrected chi connectivity index (χ4v) is 3.33. The molecule has 0 radical (unpaired) electrons. The summed E-state index contributed by atoms with van der Waals surface area (Å²) in [5, 5.41) is 0. The number of rotatable bonds is 5. The molecule has 2 aromatic carbocycles. The van der Waals surface area contributed by atoms with E-state index in [1.807, 2.05) is 43.6 Å². The van der Waals surface area contributed by atoms with Crippen LogP contribution in [0.4, 0.5) is 0 Å². The summed E-state index contributed by atoms with van der Waals surface area (Å²) in [6.45, 7) is 4.22. The van der Waals surface area contributed by atoms with Crippen LogP contribution in [0.5, 0.6) is 0 Å². The Morgan fingerprint density at radius 2 is 1.76 bits per heavy atom. The highest BCUT2D eigenvalue weighted by Crippen LogP contribution is 2.32. The SMILES string of the molecule is Cc1ccccc1[C@H](CC(=O)C1=CC(C)N(C)C=C1)c1ccccc1. The lowest BCUT2D eigenvalue weighted by Gasteiger charge is -2.25. The minimum absolute atomic E-state index is 0.0826. The lowest BCUT2D eigenvalue weighted by Crippen LogP contribution is -2.26. The number of benzene rings is 2. The fourth-order valence-electron chi connectivity index (χ4n) is 3.33. The number of hydrogen-bond donors (Lipinski definition) is 0. The number of ketones is 1. The molecule has 128 valence electrons. The monoisotopic (exact) mass is 331 g/mol. The lowest BCUT2D eigenvalue weighted by molar-refractivity contribution is -0.115. The first kappa shape index (κ1) is 17.2. The molecule has 1 aliphatic rings. The molecule has 25 heavy (non-hydrogen) atoms. The molecule has 1 aliphatic heterocycles. The summed E-state index contributed by atoms with van der Waals surface area (Å²) in [6.07, 6.45) is 6.47. The van der Waals surface area contributed by atoms with Gasteiger partial charge in [-0.1, -0.05) is 60.7 Å². The average Bonchev–Trinajstić information content (AvgIpc) is 2.63. The van der Waals surface area contributed by atoms with E-state index in [9.17, 15) is 4.79 Å². The maximum absolute atomic E-state index is 13.0. The Balaban J connectivity index is 1.91. The zero-order chi connectivity index (χ0) is 17.8. The second-order valence-electron chi connectivity index (χ2n) is 6.79. The van der Waals surface area contributed by atoms with Gasteiger partial charge >= 0.3 is 0 Å². The van der Waals surface area contributed by atoms with Gasteiger partial charge < -0.3 is 4.90 Å². The number of carbonyl (C=O) groups is 1. The Morgan fingerprint density at radius 1 is 1.08 bits per heavy atom. The lowest BCUT2D eigenvalue weighted by atomic mass is 9.83. The summed E-state index contributed by atoms with van der Waals surface area (Å²) in [4.78, 5) is 15.1. The number of aryl methyl sites for hydroxylation is 1. The van der Waals surface area contributed by atoms with Gasteiger partial charge in [0.25, 0.3) is 0 Å². The maximum Gasteiger partial charge on any atom is 0.163 e. The third-order valence-corrected chi connectivity index (χ3v) is 5.03. The Hall–Kier alpha value is -2.61. The molecule has 2 aromatic rings. The third kappa shape index (κ3) is 3.90. The normalized spacial score (nSPS) is 18.0. The summed E-state index contributed by atoms with van der Waals surface area (Å²) in [5.41, 5.74) is 4.47. The quantitative estimate of drug-likeness (QED) is 0.780. The number of hydrogen-bond acceptors (Lipinski definition) is 2. The zero-order valence-corrected chi connectivity index (χ0v) is 15.1. The predicted molar refractivity (Wildman–Crippen MR) is 104 cm³/mol. The second-order valence-corrected chi connectivity index (χ2v) is 6.79. The highest BCUT2D eigenvalue weighted by atomic mass is 16.1. The van der Waals surface area contributed by atoms with Gasteiger partial charge in [-0.25, -0.2) is 0 Å². The number of Topliss-reactive ketones (excluding diaryl/α,β-unsaturated/α-hetero) is 1. The molecular weight excluding hydrogens is 306 g/mol. The first-order valence-electron chi connectivity index (χ1n) is 8.82. The van der Waals surface area contributed by atoms with E-state index in [1.165, 1.54) is 16.7 Å². The van der Waals surface area contributed by atoms with E-state index in [0.717, 1.165) is 5.57 Å². The van der Waals surface area contributed by atoms with Crippen LogP contribution >= 0.6 is 0 Å². The Morgan fingerprint density at radius 3 is 2.44 bits per heavy atom. The van der Waals surface area contributed by atoms with Crippen molar-refractivity contribution in [3.63, 3.8) is 0 Å². The van der Waals surface area contributed by atoms with Crippen molar-refractivity contribution in [2.24, 2.45) is 0 Å². The van der Waals surface area contributed by atoms with Gasteiger partial charge in [-0.3, -0.25) is 4.79 Å². The molecule has 0 N–H and O–H groups in total. The average molecular weight is 331 g/mol. The molecular formula is C23H25NO. The number of nitrogens with zero attached hydrogens (tertiary/aromatic N) is 1. The molecule has 0 fully saturated rings. The van der Waals surface area contributed by atoms with E-state index in [-0.39, 0.29) is 17.7 Å². The van der Waals surface area contributed by atoms with Gasteiger partial charge in [0.05, 0.1) is 0 Å².